The maximum Gasteiger partial charge on any atom is 0.250 e. The second-order valence-corrected chi connectivity index (χ2v) is 7.99. The number of aryl methyl sites for hydroxylation is 2. The van der Waals surface area contributed by atoms with Gasteiger partial charge in [-0.15, -0.1) is 11.8 Å². The van der Waals surface area contributed by atoms with Crippen LogP contribution in [0.2, 0.25) is 5.02 Å². The van der Waals surface area contributed by atoms with Crippen LogP contribution in [-0.4, -0.2) is 17.9 Å². The molecule has 0 unspecified atom stereocenters. The Hall–Kier alpha value is -2.30. The zero-order valence-electron chi connectivity index (χ0n) is 14.7. The van der Waals surface area contributed by atoms with Gasteiger partial charge in [0.2, 0.25) is 5.91 Å². The molecule has 0 saturated heterocycles. The van der Waals surface area contributed by atoms with E-state index in [4.69, 9.17) is 11.6 Å². The highest BCUT2D eigenvalue weighted by Crippen LogP contribution is 2.32. The molecule has 0 radical (unpaired) electrons. The number of hydrogen-bond acceptors (Lipinski definition) is 3. The summed E-state index contributed by atoms with van der Waals surface area (Å²) in [6.45, 7) is 0. The molecule has 1 N–H and O–H groups in total. The zero-order valence-corrected chi connectivity index (χ0v) is 16.3. The van der Waals surface area contributed by atoms with Crippen molar-refractivity contribution in [2.24, 2.45) is 5.10 Å². The van der Waals surface area contributed by atoms with Gasteiger partial charge in [0.15, 0.2) is 0 Å². The molecule has 0 spiro atoms. The number of amides is 1. The molecular formula is C22H19ClN2OS. The highest BCUT2D eigenvalue weighted by molar-refractivity contribution is 7.99. The third kappa shape index (κ3) is 4.18. The van der Waals surface area contributed by atoms with Gasteiger partial charge in [-0.05, 0) is 52.4 Å². The summed E-state index contributed by atoms with van der Waals surface area (Å²) in [5, 5.41) is 7.43. The minimum atomic E-state index is -0.101. The SMILES string of the molecule is O=C(CSCc1ccc(Cl)cc1)NN=Cc1ccc2c3c(cccc13)CC2. The Labute approximate surface area is 167 Å². The van der Waals surface area contributed by atoms with Crippen LogP contribution in [0.3, 0.4) is 0 Å². The van der Waals surface area contributed by atoms with Crippen LogP contribution in [0, 0.1) is 0 Å². The summed E-state index contributed by atoms with van der Waals surface area (Å²) in [4.78, 5) is 12.0. The normalized spacial score (nSPS) is 12.8. The quantitative estimate of drug-likeness (QED) is 0.473. The monoisotopic (exact) mass is 394 g/mol. The lowest BCUT2D eigenvalue weighted by Crippen LogP contribution is -2.19. The predicted octanol–water partition coefficient (Wildman–Crippen LogP) is 4.98. The molecular weight excluding hydrogens is 376 g/mol. The van der Waals surface area contributed by atoms with Gasteiger partial charge >= 0.3 is 0 Å². The van der Waals surface area contributed by atoms with Gasteiger partial charge in [0.05, 0.1) is 12.0 Å². The predicted molar refractivity (Wildman–Crippen MR) is 115 cm³/mol. The van der Waals surface area contributed by atoms with Gasteiger partial charge in [0.1, 0.15) is 0 Å². The lowest BCUT2D eigenvalue weighted by atomic mass is 10.0. The Bertz CT molecular complexity index is 1000. The molecule has 136 valence electrons. The number of carbonyl (C=O) groups is 1. The molecule has 27 heavy (non-hydrogen) atoms. The van der Waals surface area contributed by atoms with Crippen molar-refractivity contribution in [1.29, 1.82) is 0 Å². The first-order chi connectivity index (χ1) is 13.2. The Kier molecular flexibility index (Phi) is 5.46. The number of hydrogen-bond donors (Lipinski definition) is 1. The fourth-order valence-electron chi connectivity index (χ4n) is 3.43. The van der Waals surface area contributed by atoms with Crippen molar-refractivity contribution < 1.29 is 4.79 Å². The summed E-state index contributed by atoms with van der Waals surface area (Å²) in [6.07, 6.45) is 3.95. The molecule has 1 amide bonds. The van der Waals surface area contributed by atoms with E-state index in [2.05, 4.69) is 40.9 Å². The van der Waals surface area contributed by atoms with E-state index in [0.717, 1.165) is 34.7 Å². The fraction of sp³-hybridized carbons (Fsp3) is 0.182. The van der Waals surface area contributed by atoms with Crippen LogP contribution < -0.4 is 5.43 Å². The van der Waals surface area contributed by atoms with E-state index in [1.165, 1.54) is 21.9 Å². The van der Waals surface area contributed by atoms with Gasteiger partial charge in [-0.2, -0.15) is 5.10 Å². The van der Waals surface area contributed by atoms with Gasteiger partial charge in [-0.25, -0.2) is 5.43 Å². The smallest absolute Gasteiger partial charge is 0.250 e. The van der Waals surface area contributed by atoms with E-state index in [1.54, 1.807) is 18.0 Å². The van der Waals surface area contributed by atoms with Crippen LogP contribution in [0.5, 0.6) is 0 Å². The average molecular weight is 395 g/mol. The molecule has 1 aliphatic carbocycles. The van der Waals surface area contributed by atoms with E-state index >= 15 is 0 Å². The maximum atomic E-state index is 12.0. The number of nitrogens with one attached hydrogen (secondary N) is 1. The molecule has 0 aliphatic heterocycles. The Morgan fingerprint density at radius 3 is 2.67 bits per heavy atom. The first-order valence-corrected chi connectivity index (χ1v) is 10.4. The largest absolute Gasteiger partial charge is 0.272 e. The number of nitrogens with zero attached hydrogens (tertiary/aromatic N) is 1. The molecule has 3 aromatic carbocycles. The van der Waals surface area contributed by atoms with Gasteiger partial charge in [-0.3, -0.25) is 4.79 Å². The van der Waals surface area contributed by atoms with Crippen molar-refractivity contribution in [2.75, 3.05) is 5.75 Å². The number of hydrazone groups is 1. The molecule has 0 aromatic heterocycles. The molecule has 0 fully saturated rings. The molecule has 3 nitrogen and oxygen atoms in total. The summed E-state index contributed by atoms with van der Waals surface area (Å²) in [6, 6.07) is 18.3. The number of rotatable bonds is 6. The summed E-state index contributed by atoms with van der Waals surface area (Å²) in [7, 11) is 0. The summed E-state index contributed by atoms with van der Waals surface area (Å²) >= 11 is 7.43. The molecule has 3 aromatic rings. The first-order valence-electron chi connectivity index (χ1n) is 8.88. The first kappa shape index (κ1) is 18.1. The van der Waals surface area contributed by atoms with Crippen LogP contribution in [0.4, 0.5) is 0 Å². The minimum Gasteiger partial charge on any atom is -0.272 e. The second kappa shape index (κ2) is 8.15. The summed E-state index contributed by atoms with van der Waals surface area (Å²) in [5.74, 6) is 1.03. The van der Waals surface area contributed by atoms with Crippen molar-refractivity contribution >= 4 is 46.3 Å². The van der Waals surface area contributed by atoms with Gasteiger partial charge in [0.25, 0.3) is 0 Å². The van der Waals surface area contributed by atoms with Crippen molar-refractivity contribution in [3.05, 3.63) is 81.9 Å². The van der Waals surface area contributed by atoms with Gasteiger partial charge in [-0.1, -0.05) is 54.1 Å². The zero-order chi connectivity index (χ0) is 18.6. The number of benzene rings is 3. The highest BCUT2D eigenvalue weighted by Gasteiger charge is 2.14. The molecule has 1 aliphatic rings. The number of carbonyl (C=O) groups excluding carboxylic acids is 1. The summed E-state index contributed by atoms with van der Waals surface area (Å²) < 4.78 is 0. The molecule has 0 saturated carbocycles. The van der Waals surface area contributed by atoms with Crippen LogP contribution in [0.15, 0.2) is 59.7 Å². The average Bonchev–Trinajstić information content (AvgIpc) is 3.10. The lowest BCUT2D eigenvalue weighted by Gasteiger charge is -2.05. The standard InChI is InChI=1S/C22H19ClN2OS/c23-19-10-4-15(5-11-19)13-27-14-21(26)25-24-12-18-9-8-17-7-6-16-2-1-3-20(18)22(16)17/h1-5,8-12H,6-7,13-14H2,(H,25,26). The second-order valence-electron chi connectivity index (χ2n) is 6.57. The van der Waals surface area contributed by atoms with E-state index in [0.29, 0.717) is 5.75 Å². The van der Waals surface area contributed by atoms with Crippen molar-refractivity contribution in [3.63, 3.8) is 0 Å². The Morgan fingerprint density at radius 1 is 1.07 bits per heavy atom. The van der Waals surface area contributed by atoms with Crippen LogP contribution >= 0.6 is 23.4 Å². The third-order valence-corrected chi connectivity index (χ3v) is 5.97. The van der Waals surface area contributed by atoms with Crippen LogP contribution in [0.1, 0.15) is 22.3 Å². The van der Waals surface area contributed by atoms with E-state index < -0.39 is 0 Å². The van der Waals surface area contributed by atoms with E-state index in [9.17, 15) is 4.79 Å². The van der Waals surface area contributed by atoms with E-state index in [-0.39, 0.29) is 5.91 Å². The van der Waals surface area contributed by atoms with Crippen LogP contribution in [0.25, 0.3) is 10.8 Å². The lowest BCUT2D eigenvalue weighted by molar-refractivity contribution is -0.118. The van der Waals surface area contributed by atoms with E-state index in [1.807, 2.05) is 24.3 Å². The van der Waals surface area contributed by atoms with Crippen molar-refractivity contribution in [2.45, 2.75) is 18.6 Å². The van der Waals surface area contributed by atoms with Crippen molar-refractivity contribution in [1.82, 2.24) is 5.43 Å². The Balaban J connectivity index is 1.33. The summed E-state index contributed by atoms with van der Waals surface area (Å²) in [5.41, 5.74) is 7.61. The molecule has 0 bridgehead atoms. The highest BCUT2D eigenvalue weighted by atomic mass is 35.5. The molecule has 4 rings (SSSR count). The maximum absolute atomic E-state index is 12.0. The van der Waals surface area contributed by atoms with Crippen molar-refractivity contribution in [3.8, 4) is 0 Å². The topological polar surface area (TPSA) is 41.5 Å². The molecule has 0 atom stereocenters. The van der Waals surface area contributed by atoms with Gasteiger partial charge in [0, 0.05) is 16.3 Å². The fourth-order valence-corrected chi connectivity index (χ4v) is 4.34. The molecule has 0 heterocycles. The number of thioether (sulfide) groups is 1. The minimum absolute atomic E-state index is 0.101. The number of halogens is 1. The third-order valence-electron chi connectivity index (χ3n) is 4.72. The Morgan fingerprint density at radius 2 is 1.85 bits per heavy atom. The molecule has 5 heteroatoms. The van der Waals surface area contributed by atoms with Gasteiger partial charge < -0.3 is 0 Å². The van der Waals surface area contributed by atoms with Crippen LogP contribution in [-0.2, 0) is 23.4 Å².